The zero-order chi connectivity index (χ0) is 17.3. The molecule has 0 atom stereocenters. The number of carbonyl (C=O) groups excluding carboxylic acids is 1. The van der Waals surface area contributed by atoms with Crippen LogP contribution in [0.2, 0.25) is 0 Å². The lowest BCUT2D eigenvalue weighted by Gasteiger charge is -2.08. The van der Waals surface area contributed by atoms with Gasteiger partial charge in [-0.25, -0.2) is 13.1 Å². The van der Waals surface area contributed by atoms with E-state index in [9.17, 15) is 13.2 Å². The summed E-state index contributed by atoms with van der Waals surface area (Å²) in [5, 5.41) is 4.15. The van der Waals surface area contributed by atoms with Crippen LogP contribution in [0.25, 0.3) is 0 Å². The lowest BCUT2D eigenvalue weighted by atomic mass is 10.1. The van der Waals surface area contributed by atoms with Crippen LogP contribution in [0.1, 0.15) is 39.7 Å². The Morgan fingerprint density at radius 1 is 1.33 bits per heavy atom. The minimum Gasteiger partial charge on any atom is -0.372 e. The molecule has 0 aliphatic carbocycles. The second kappa shape index (κ2) is 6.37. The molecule has 0 fully saturated rings. The molecule has 24 heavy (non-hydrogen) atoms. The van der Waals surface area contributed by atoms with E-state index in [1.165, 1.54) is 10.9 Å². The summed E-state index contributed by atoms with van der Waals surface area (Å²) in [5.74, 6) is -0.905. The van der Waals surface area contributed by atoms with E-state index in [1.54, 1.807) is 13.1 Å². The van der Waals surface area contributed by atoms with Crippen LogP contribution >= 0.6 is 0 Å². The van der Waals surface area contributed by atoms with Crippen molar-refractivity contribution in [3.05, 3.63) is 52.3 Å². The minimum atomic E-state index is -3.79. The van der Waals surface area contributed by atoms with Crippen molar-refractivity contribution in [1.29, 1.82) is 0 Å². The number of sulfonamides is 1. The van der Waals surface area contributed by atoms with E-state index < -0.39 is 15.9 Å². The SMILES string of the molecule is CCc1nn(C)cc1C(=O)NS(=O)(=O)Cc1ccc2c(c1)COC2. The third-order valence-corrected chi connectivity index (χ3v) is 5.09. The van der Waals surface area contributed by atoms with Gasteiger partial charge in [0.1, 0.15) is 0 Å². The summed E-state index contributed by atoms with van der Waals surface area (Å²) in [6.45, 7) is 2.91. The van der Waals surface area contributed by atoms with Crippen molar-refractivity contribution in [2.75, 3.05) is 0 Å². The van der Waals surface area contributed by atoms with E-state index in [4.69, 9.17) is 4.74 Å². The maximum atomic E-state index is 12.3. The Labute approximate surface area is 140 Å². The maximum Gasteiger partial charge on any atom is 0.268 e. The normalized spacial score (nSPS) is 13.8. The number of hydrogen-bond donors (Lipinski definition) is 1. The summed E-state index contributed by atoms with van der Waals surface area (Å²) in [4.78, 5) is 12.3. The topological polar surface area (TPSA) is 90.3 Å². The molecule has 1 aromatic heterocycles. The van der Waals surface area contributed by atoms with Crippen LogP contribution < -0.4 is 4.72 Å². The molecule has 2 aromatic rings. The van der Waals surface area contributed by atoms with E-state index in [0.29, 0.717) is 30.9 Å². The molecule has 2 heterocycles. The fourth-order valence-electron chi connectivity index (χ4n) is 2.75. The van der Waals surface area contributed by atoms with Gasteiger partial charge in [0.05, 0.1) is 30.2 Å². The van der Waals surface area contributed by atoms with Gasteiger partial charge in [0.2, 0.25) is 10.0 Å². The lowest BCUT2D eigenvalue weighted by molar-refractivity contribution is 0.0980. The average Bonchev–Trinajstić information content (AvgIpc) is 3.11. The molecule has 0 bridgehead atoms. The van der Waals surface area contributed by atoms with Crippen LogP contribution in [-0.4, -0.2) is 24.1 Å². The molecular weight excluding hydrogens is 330 g/mol. The summed E-state index contributed by atoms with van der Waals surface area (Å²) in [6.07, 6.45) is 2.07. The van der Waals surface area contributed by atoms with E-state index in [2.05, 4.69) is 9.82 Å². The van der Waals surface area contributed by atoms with Gasteiger partial charge in [-0.15, -0.1) is 0 Å². The molecule has 1 aliphatic rings. The first-order chi connectivity index (χ1) is 11.4. The fourth-order valence-corrected chi connectivity index (χ4v) is 3.84. The molecule has 0 unspecified atom stereocenters. The highest BCUT2D eigenvalue weighted by Gasteiger charge is 2.21. The number of hydrogen-bond acceptors (Lipinski definition) is 5. The number of nitrogens with one attached hydrogen (secondary N) is 1. The van der Waals surface area contributed by atoms with Crippen LogP contribution in [0.3, 0.4) is 0 Å². The molecule has 1 amide bonds. The van der Waals surface area contributed by atoms with Gasteiger partial charge in [-0.3, -0.25) is 9.48 Å². The summed E-state index contributed by atoms with van der Waals surface area (Å²) < 4.78 is 33.5. The highest BCUT2D eigenvalue weighted by Crippen LogP contribution is 2.21. The quantitative estimate of drug-likeness (QED) is 0.878. The average molecular weight is 349 g/mol. The first-order valence-electron chi connectivity index (χ1n) is 7.63. The van der Waals surface area contributed by atoms with Crippen LogP contribution in [0.4, 0.5) is 0 Å². The Hall–Kier alpha value is -2.19. The van der Waals surface area contributed by atoms with E-state index in [0.717, 1.165) is 11.1 Å². The molecule has 8 heteroatoms. The second-order valence-corrected chi connectivity index (χ2v) is 7.53. The number of aryl methyl sites for hydroxylation is 2. The van der Waals surface area contributed by atoms with Gasteiger partial charge in [-0.2, -0.15) is 5.10 Å². The highest BCUT2D eigenvalue weighted by atomic mass is 32.2. The van der Waals surface area contributed by atoms with Crippen LogP contribution in [-0.2, 0) is 47.2 Å². The highest BCUT2D eigenvalue weighted by molar-refractivity contribution is 7.89. The van der Waals surface area contributed by atoms with Gasteiger partial charge >= 0.3 is 0 Å². The zero-order valence-electron chi connectivity index (χ0n) is 13.6. The van der Waals surface area contributed by atoms with Crippen LogP contribution in [0.5, 0.6) is 0 Å². The first-order valence-corrected chi connectivity index (χ1v) is 9.29. The third kappa shape index (κ3) is 3.49. The molecule has 7 nitrogen and oxygen atoms in total. The van der Waals surface area contributed by atoms with Gasteiger partial charge in [0.25, 0.3) is 5.91 Å². The van der Waals surface area contributed by atoms with Crippen molar-refractivity contribution in [2.24, 2.45) is 7.05 Å². The number of carbonyl (C=O) groups is 1. The monoisotopic (exact) mass is 349 g/mol. The number of fused-ring (bicyclic) bond motifs is 1. The van der Waals surface area contributed by atoms with Crippen molar-refractivity contribution in [3.8, 4) is 0 Å². The molecule has 3 rings (SSSR count). The molecule has 0 radical (unpaired) electrons. The Kier molecular flexibility index (Phi) is 4.42. The maximum absolute atomic E-state index is 12.3. The number of benzene rings is 1. The van der Waals surface area contributed by atoms with Gasteiger partial charge in [0, 0.05) is 13.2 Å². The largest absolute Gasteiger partial charge is 0.372 e. The van der Waals surface area contributed by atoms with E-state index in [1.807, 2.05) is 19.1 Å². The summed E-state index contributed by atoms with van der Waals surface area (Å²) in [7, 11) is -2.10. The van der Waals surface area contributed by atoms with Gasteiger partial charge in [-0.1, -0.05) is 25.1 Å². The van der Waals surface area contributed by atoms with Gasteiger partial charge in [-0.05, 0) is 23.1 Å². The number of amides is 1. The molecule has 0 spiro atoms. The van der Waals surface area contributed by atoms with Crippen molar-refractivity contribution < 1.29 is 17.9 Å². The smallest absolute Gasteiger partial charge is 0.268 e. The predicted molar refractivity (Wildman–Crippen MR) is 87.6 cm³/mol. The zero-order valence-corrected chi connectivity index (χ0v) is 14.4. The Balaban J connectivity index is 1.75. The molecule has 0 saturated heterocycles. The van der Waals surface area contributed by atoms with Crippen molar-refractivity contribution in [2.45, 2.75) is 32.3 Å². The van der Waals surface area contributed by atoms with Crippen LogP contribution in [0, 0.1) is 0 Å². The molecular formula is C16H19N3O4S. The van der Waals surface area contributed by atoms with Crippen molar-refractivity contribution >= 4 is 15.9 Å². The Bertz CT molecular complexity index is 887. The van der Waals surface area contributed by atoms with Crippen LogP contribution in [0.15, 0.2) is 24.4 Å². The van der Waals surface area contributed by atoms with Crippen molar-refractivity contribution in [1.82, 2.24) is 14.5 Å². The minimum absolute atomic E-state index is 0.256. The predicted octanol–water partition coefficient (Wildman–Crippen LogP) is 1.27. The number of rotatable bonds is 5. The molecule has 0 saturated carbocycles. The molecule has 128 valence electrons. The second-order valence-electron chi connectivity index (χ2n) is 5.80. The number of ether oxygens (including phenoxy) is 1. The number of aromatic nitrogens is 2. The van der Waals surface area contributed by atoms with E-state index in [-0.39, 0.29) is 11.3 Å². The molecule has 1 aliphatic heterocycles. The van der Waals surface area contributed by atoms with E-state index >= 15 is 0 Å². The molecule has 1 aromatic carbocycles. The third-order valence-electron chi connectivity index (χ3n) is 3.88. The lowest BCUT2D eigenvalue weighted by Crippen LogP contribution is -2.32. The summed E-state index contributed by atoms with van der Waals surface area (Å²) >= 11 is 0. The number of nitrogens with zero attached hydrogens (tertiary/aromatic N) is 2. The Morgan fingerprint density at radius 2 is 2.08 bits per heavy atom. The Morgan fingerprint density at radius 3 is 2.83 bits per heavy atom. The van der Waals surface area contributed by atoms with Gasteiger partial charge in [0.15, 0.2) is 0 Å². The molecule has 1 N–H and O–H groups in total. The van der Waals surface area contributed by atoms with Gasteiger partial charge < -0.3 is 4.74 Å². The van der Waals surface area contributed by atoms with Crippen molar-refractivity contribution in [3.63, 3.8) is 0 Å². The first kappa shape index (κ1) is 16.7. The summed E-state index contributed by atoms with van der Waals surface area (Å²) in [6, 6.07) is 5.43. The fraction of sp³-hybridized carbons (Fsp3) is 0.375. The standard InChI is InChI=1S/C16H19N3O4S/c1-3-15-14(7-19(2)17-15)16(20)18-24(21,22)10-11-4-5-12-8-23-9-13(12)6-11/h4-7H,3,8-10H2,1-2H3,(H,18,20). The summed E-state index contributed by atoms with van der Waals surface area (Å²) in [5.41, 5.74) is 3.55.